The van der Waals surface area contributed by atoms with Gasteiger partial charge < -0.3 is 14.6 Å². The van der Waals surface area contributed by atoms with E-state index in [2.05, 4.69) is 0 Å². The lowest BCUT2D eigenvalue weighted by Gasteiger charge is -2.26. The first-order valence-electron chi connectivity index (χ1n) is 7.60. The number of hydrogen-bond donors (Lipinski definition) is 1. The summed E-state index contributed by atoms with van der Waals surface area (Å²) < 4.78 is 11.4. The van der Waals surface area contributed by atoms with Gasteiger partial charge >= 0.3 is 6.09 Å². The van der Waals surface area contributed by atoms with Crippen LogP contribution in [0, 0.1) is 5.41 Å². The first-order valence-corrected chi connectivity index (χ1v) is 7.60. The second-order valence-corrected chi connectivity index (χ2v) is 6.85. The summed E-state index contributed by atoms with van der Waals surface area (Å²) in [5.74, 6) is -0.0550. The lowest BCUT2D eigenvalue weighted by atomic mass is 9.85. The maximum Gasteiger partial charge on any atom is 0.408 e. The molecule has 1 N–H and O–H groups in total. The summed E-state index contributed by atoms with van der Waals surface area (Å²) in [6.45, 7) is 6.36. The van der Waals surface area contributed by atoms with Gasteiger partial charge in [-0.05, 0) is 19.3 Å². The number of hydrogen-bond acceptors (Lipinski definition) is 4. The van der Waals surface area contributed by atoms with E-state index in [4.69, 9.17) is 9.47 Å². The summed E-state index contributed by atoms with van der Waals surface area (Å²) >= 11 is 0. The molecule has 0 radical (unpaired) electrons. The van der Waals surface area contributed by atoms with Crippen LogP contribution in [0.25, 0.3) is 0 Å². The van der Waals surface area contributed by atoms with Crippen molar-refractivity contribution in [3.63, 3.8) is 0 Å². The maximum absolute atomic E-state index is 12.4. The van der Waals surface area contributed by atoms with Gasteiger partial charge in [-0.1, -0.05) is 20.8 Å². The van der Waals surface area contributed by atoms with E-state index in [0.29, 0.717) is 13.0 Å². The van der Waals surface area contributed by atoms with E-state index in [0.717, 1.165) is 19.3 Å². The van der Waals surface area contributed by atoms with Gasteiger partial charge in [-0.25, -0.2) is 4.79 Å². The number of nitrogens with zero attached hydrogens (tertiary/aromatic N) is 1. The quantitative estimate of drug-likeness (QED) is 0.865. The van der Waals surface area contributed by atoms with Gasteiger partial charge in [-0.15, -0.1) is 0 Å². The summed E-state index contributed by atoms with van der Waals surface area (Å²) in [5, 5.41) is 9.31. The minimum Gasteiger partial charge on any atom is -0.465 e. The molecule has 1 amide bonds. The minimum atomic E-state index is -1.06. The molecule has 1 unspecified atom stereocenters. The van der Waals surface area contributed by atoms with Crippen molar-refractivity contribution >= 4 is 11.9 Å². The molecule has 2 heterocycles. The minimum absolute atomic E-state index is 0.0550. The maximum atomic E-state index is 12.4. The predicted molar refractivity (Wildman–Crippen MR) is 76.1 cm³/mol. The van der Waals surface area contributed by atoms with Crippen LogP contribution in [0.5, 0.6) is 0 Å². The zero-order valence-electron chi connectivity index (χ0n) is 13.0. The van der Waals surface area contributed by atoms with E-state index >= 15 is 0 Å². The van der Waals surface area contributed by atoms with Gasteiger partial charge in [0.25, 0.3) is 0 Å². The van der Waals surface area contributed by atoms with Crippen molar-refractivity contribution in [1.82, 2.24) is 4.90 Å². The van der Waals surface area contributed by atoms with Crippen molar-refractivity contribution in [1.29, 1.82) is 0 Å². The highest BCUT2D eigenvalue weighted by atomic mass is 16.7. The largest absolute Gasteiger partial charge is 0.465 e. The molecule has 2 rings (SSSR count). The molecule has 0 aromatic heterocycles. The van der Waals surface area contributed by atoms with Gasteiger partial charge in [-0.3, -0.25) is 9.69 Å². The van der Waals surface area contributed by atoms with E-state index in [-0.39, 0.29) is 24.7 Å². The van der Waals surface area contributed by atoms with Crippen LogP contribution in [0.2, 0.25) is 0 Å². The molecule has 6 nitrogen and oxygen atoms in total. The SMILES string of the molecule is CC(C)(C)C(=O)[C@@H]1C[C@H](OC2CCCCO2)CN1C(=O)O. The van der Waals surface area contributed by atoms with Crippen LogP contribution in [-0.4, -0.2) is 53.5 Å². The molecule has 2 aliphatic rings. The smallest absolute Gasteiger partial charge is 0.408 e. The van der Waals surface area contributed by atoms with Crippen molar-refractivity contribution in [2.75, 3.05) is 13.2 Å². The van der Waals surface area contributed by atoms with Crippen molar-refractivity contribution in [3.05, 3.63) is 0 Å². The van der Waals surface area contributed by atoms with Gasteiger partial charge in [0, 0.05) is 18.4 Å². The first kappa shape index (κ1) is 16.2. The van der Waals surface area contributed by atoms with E-state index in [1.807, 2.05) is 20.8 Å². The number of ketones is 1. The molecule has 0 aromatic rings. The highest BCUT2D eigenvalue weighted by Gasteiger charge is 2.44. The molecular formula is C15H25NO5. The molecule has 0 saturated carbocycles. The highest BCUT2D eigenvalue weighted by Crippen LogP contribution is 2.29. The molecule has 0 aromatic carbocycles. The van der Waals surface area contributed by atoms with Crippen LogP contribution in [0.3, 0.4) is 0 Å². The van der Waals surface area contributed by atoms with E-state index < -0.39 is 17.6 Å². The molecular weight excluding hydrogens is 274 g/mol. The van der Waals surface area contributed by atoms with E-state index in [1.165, 1.54) is 4.90 Å². The Morgan fingerprint density at radius 3 is 2.52 bits per heavy atom. The number of carbonyl (C=O) groups excluding carboxylic acids is 1. The van der Waals surface area contributed by atoms with Gasteiger partial charge in [-0.2, -0.15) is 0 Å². The van der Waals surface area contributed by atoms with Crippen LogP contribution in [-0.2, 0) is 14.3 Å². The standard InChI is InChI=1S/C15H25NO5/c1-15(2,3)13(17)11-8-10(9-16(11)14(18)19)21-12-6-4-5-7-20-12/h10-12H,4-9H2,1-3H3,(H,18,19)/t10-,11-,12?/m0/s1. The number of amides is 1. The van der Waals surface area contributed by atoms with Crippen LogP contribution < -0.4 is 0 Å². The molecule has 2 fully saturated rings. The van der Waals surface area contributed by atoms with Gasteiger partial charge in [0.15, 0.2) is 12.1 Å². The summed E-state index contributed by atoms with van der Waals surface area (Å²) in [6, 6.07) is -0.615. The summed E-state index contributed by atoms with van der Waals surface area (Å²) in [4.78, 5) is 25.0. The van der Waals surface area contributed by atoms with Crippen LogP contribution in [0.15, 0.2) is 0 Å². The van der Waals surface area contributed by atoms with Crippen molar-refractivity contribution in [2.24, 2.45) is 5.41 Å². The van der Waals surface area contributed by atoms with Crippen LogP contribution in [0.4, 0.5) is 4.79 Å². The Bertz CT molecular complexity index is 397. The fourth-order valence-corrected chi connectivity index (χ4v) is 2.89. The number of ether oxygens (including phenoxy) is 2. The van der Waals surface area contributed by atoms with E-state index in [9.17, 15) is 14.7 Å². The highest BCUT2D eigenvalue weighted by molar-refractivity contribution is 5.91. The summed E-state index contributed by atoms with van der Waals surface area (Å²) in [6.07, 6.45) is 1.77. The fraction of sp³-hybridized carbons (Fsp3) is 0.867. The number of carboxylic acid groups (broad SMARTS) is 1. The van der Waals surface area contributed by atoms with Gasteiger partial charge in [0.2, 0.25) is 0 Å². The van der Waals surface area contributed by atoms with Crippen molar-refractivity contribution < 1.29 is 24.2 Å². The van der Waals surface area contributed by atoms with Gasteiger partial charge in [0.1, 0.15) is 0 Å². The number of rotatable bonds is 3. The van der Waals surface area contributed by atoms with Crippen LogP contribution in [0.1, 0.15) is 46.5 Å². The molecule has 21 heavy (non-hydrogen) atoms. The second-order valence-electron chi connectivity index (χ2n) is 6.85. The average molecular weight is 299 g/mol. The third kappa shape index (κ3) is 3.95. The van der Waals surface area contributed by atoms with Crippen molar-refractivity contribution in [2.45, 2.75) is 64.9 Å². The first-order chi connectivity index (χ1) is 9.79. The topological polar surface area (TPSA) is 76.1 Å². The number of Topliss-reactive ketones (excluding diaryl/α,β-unsaturated/α-hetero) is 1. The summed E-state index contributed by atoms with van der Waals surface area (Å²) in [7, 11) is 0. The van der Waals surface area contributed by atoms with Gasteiger partial charge in [0.05, 0.1) is 18.7 Å². The Morgan fingerprint density at radius 2 is 2.00 bits per heavy atom. The molecule has 0 aliphatic carbocycles. The van der Waals surface area contributed by atoms with E-state index in [1.54, 1.807) is 0 Å². The monoisotopic (exact) mass is 299 g/mol. The zero-order valence-corrected chi connectivity index (χ0v) is 13.0. The molecule has 2 aliphatic heterocycles. The van der Waals surface area contributed by atoms with Crippen LogP contribution >= 0.6 is 0 Å². The molecule has 6 heteroatoms. The Morgan fingerprint density at radius 1 is 1.29 bits per heavy atom. The third-order valence-electron chi connectivity index (χ3n) is 4.03. The Kier molecular flexibility index (Phi) is 4.88. The van der Waals surface area contributed by atoms with Crippen molar-refractivity contribution in [3.8, 4) is 0 Å². The molecule has 3 atom stereocenters. The summed E-state index contributed by atoms with van der Waals surface area (Å²) in [5.41, 5.74) is -0.561. The average Bonchev–Trinajstić information content (AvgIpc) is 2.82. The lowest BCUT2D eigenvalue weighted by molar-refractivity contribution is -0.185. The Balaban J connectivity index is 2.01. The number of carbonyl (C=O) groups is 2. The predicted octanol–water partition coefficient (Wildman–Crippen LogP) is 2.27. The second kappa shape index (κ2) is 6.32. The molecule has 0 spiro atoms. The number of likely N-dealkylation sites (tertiary alicyclic amines) is 1. The normalized spacial score (nSPS) is 30.4. The molecule has 2 saturated heterocycles. The molecule has 0 bridgehead atoms. The fourth-order valence-electron chi connectivity index (χ4n) is 2.89. The zero-order chi connectivity index (χ0) is 15.6. The Labute approximate surface area is 125 Å². The molecule has 120 valence electrons. The lowest BCUT2D eigenvalue weighted by Crippen LogP contribution is -2.44. The third-order valence-corrected chi connectivity index (χ3v) is 4.03. The Hall–Kier alpha value is -1.14.